The van der Waals surface area contributed by atoms with Gasteiger partial charge in [-0.25, -0.2) is 0 Å². The van der Waals surface area contributed by atoms with E-state index in [0.717, 1.165) is 17.5 Å². The van der Waals surface area contributed by atoms with Crippen LogP contribution in [0.25, 0.3) is 0 Å². The molecule has 0 aliphatic heterocycles. The number of hydrogen-bond donors (Lipinski definition) is 4. The lowest BCUT2D eigenvalue weighted by Gasteiger charge is -2.14. The highest BCUT2D eigenvalue weighted by Crippen LogP contribution is 2.24. The largest absolute Gasteiger partial charge is 0.398 e. The minimum atomic E-state index is -0.421. The van der Waals surface area contributed by atoms with E-state index >= 15 is 0 Å². The Morgan fingerprint density at radius 3 is 2.31 bits per heavy atom. The first-order valence-corrected chi connectivity index (χ1v) is 5.57. The van der Waals surface area contributed by atoms with Crippen LogP contribution in [0.5, 0.6) is 0 Å². The Hall–Kier alpha value is -1.26. The lowest BCUT2D eigenvalue weighted by molar-refractivity contribution is 0.163. The quantitative estimate of drug-likeness (QED) is 0.555. The third-order valence-electron chi connectivity index (χ3n) is 2.64. The third kappa shape index (κ3) is 3.40. The van der Waals surface area contributed by atoms with Crippen LogP contribution in [0.4, 0.5) is 11.4 Å². The minimum absolute atomic E-state index is 0.421. The molecule has 0 aliphatic rings. The summed E-state index contributed by atoms with van der Waals surface area (Å²) in [7, 11) is 0. The summed E-state index contributed by atoms with van der Waals surface area (Å²) in [6.45, 7) is 2.54. The molecule has 0 amide bonds. The summed E-state index contributed by atoms with van der Waals surface area (Å²) in [6, 6.07) is 3.75. The molecule has 0 fully saturated rings. The van der Waals surface area contributed by atoms with E-state index in [2.05, 4.69) is 0 Å². The van der Waals surface area contributed by atoms with E-state index in [9.17, 15) is 5.11 Å². The predicted octanol–water partition coefficient (Wildman–Crippen LogP) is 0.802. The van der Waals surface area contributed by atoms with E-state index < -0.39 is 6.10 Å². The van der Waals surface area contributed by atoms with Gasteiger partial charge in [-0.15, -0.1) is 0 Å². The fraction of sp³-hybridized carbons (Fsp3) is 0.500. The zero-order valence-electron chi connectivity index (χ0n) is 9.74. The van der Waals surface area contributed by atoms with Crippen LogP contribution >= 0.6 is 0 Å². The first-order valence-electron chi connectivity index (χ1n) is 5.57. The molecule has 4 nitrogen and oxygen atoms in total. The van der Waals surface area contributed by atoms with E-state index in [4.69, 9.17) is 17.2 Å². The lowest BCUT2D eigenvalue weighted by atomic mass is 9.99. The van der Waals surface area contributed by atoms with Gasteiger partial charge in [-0.2, -0.15) is 0 Å². The number of benzene rings is 1. The molecule has 0 heterocycles. The molecular formula is C12H21N3O. The average Bonchev–Trinajstić information content (AvgIpc) is 2.20. The van der Waals surface area contributed by atoms with Crippen molar-refractivity contribution < 1.29 is 5.11 Å². The Kier molecular flexibility index (Phi) is 4.58. The third-order valence-corrected chi connectivity index (χ3v) is 2.64. The molecule has 16 heavy (non-hydrogen) atoms. The smallest absolute Gasteiger partial charge is 0.0582 e. The summed E-state index contributed by atoms with van der Waals surface area (Å²) in [5, 5.41) is 9.79. The van der Waals surface area contributed by atoms with Crippen molar-refractivity contribution in [3.63, 3.8) is 0 Å². The summed E-state index contributed by atoms with van der Waals surface area (Å²) in [4.78, 5) is 0. The Labute approximate surface area is 96.4 Å². The van der Waals surface area contributed by atoms with Crippen molar-refractivity contribution in [1.29, 1.82) is 0 Å². The van der Waals surface area contributed by atoms with Gasteiger partial charge in [-0.3, -0.25) is 0 Å². The maximum Gasteiger partial charge on any atom is 0.0582 e. The van der Waals surface area contributed by atoms with Gasteiger partial charge in [0.25, 0.3) is 0 Å². The van der Waals surface area contributed by atoms with Crippen molar-refractivity contribution in [1.82, 2.24) is 0 Å². The van der Waals surface area contributed by atoms with Gasteiger partial charge in [0, 0.05) is 23.4 Å². The van der Waals surface area contributed by atoms with Gasteiger partial charge in [-0.1, -0.05) is 0 Å². The standard InChI is InChI=1S/C12H21N3O/c1-8-5-11(14)10(12(15)6-8)7-9(16)3-2-4-13/h5-6,9,16H,2-4,7,13-15H2,1H3. The van der Waals surface area contributed by atoms with Crippen LogP contribution in [0.1, 0.15) is 24.0 Å². The summed E-state index contributed by atoms with van der Waals surface area (Å²) in [5.74, 6) is 0. The van der Waals surface area contributed by atoms with Gasteiger partial charge in [0.15, 0.2) is 0 Å². The number of aliphatic hydroxyl groups excluding tert-OH is 1. The second kappa shape index (κ2) is 5.72. The van der Waals surface area contributed by atoms with Crippen LogP contribution in [0.2, 0.25) is 0 Å². The van der Waals surface area contributed by atoms with Crippen molar-refractivity contribution in [2.75, 3.05) is 18.0 Å². The summed E-state index contributed by atoms with van der Waals surface area (Å²) < 4.78 is 0. The van der Waals surface area contributed by atoms with E-state index in [-0.39, 0.29) is 0 Å². The fourth-order valence-electron chi connectivity index (χ4n) is 1.80. The van der Waals surface area contributed by atoms with Crippen molar-refractivity contribution in [2.24, 2.45) is 5.73 Å². The van der Waals surface area contributed by atoms with Gasteiger partial charge < -0.3 is 22.3 Å². The average molecular weight is 223 g/mol. The Bertz CT molecular complexity index is 329. The van der Waals surface area contributed by atoms with Crippen LogP contribution in [-0.2, 0) is 6.42 Å². The molecule has 0 aromatic heterocycles. The molecule has 4 heteroatoms. The van der Waals surface area contributed by atoms with Crippen LogP contribution in [0.15, 0.2) is 12.1 Å². The number of rotatable bonds is 5. The highest BCUT2D eigenvalue weighted by molar-refractivity contribution is 5.63. The first kappa shape index (κ1) is 12.8. The monoisotopic (exact) mass is 223 g/mol. The molecule has 0 bridgehead atoms. The molecule has 0 saturated heterocycles. The maximum absolute atomic E-state index is 9.79. The molecule has 1 aromatic rings. The van der Waals surface area contributed by atoms with Crippen LogP contribution in [0.3, 0.4) is 0 Å². The SMILES string of the molecule is Cc1cc(N)c(CC(O)CCCN)c(N)c1. The van der Waals surface area contributed by atoms with E-state index in [0.29, 0.717) is 30.8 Å². The van der Waals surface area contributed by atoms with Crippen LogP contribution in [-0.4, -0.2) is 17.8 Å². The van der Waals surface area contributed by atoms with Crippen molar-refractivity contribution in [2.45, 2.75) is 32.3 Å². The molecule has 0 saturated carbocycles. The van der Waals surface area contributed by atoms with Crippen LogP contribution < -0.4 is 17.2 Å². The summed E-state index contributed by atoms with van der Waals surface area (Å²) >= 11 is 0. The molecule has 1 aromatic carbocycles. The molecule has 1 unspecified atom stereocenters. The minimum Gasteiger partial charge on any atom is -0.398 e. The second-order valence-electron chi connectivity index (χ2n) is 4.21. The van der Waals surface area contributed by atoms with Crippen LogP contribution in [0, 0.1) is 6.92 Å². The number of aryl methyl sites for hydroxylation is 1. The predicted molar refractivity (Wildman–Crippen MR) is 68.0 cm³/mol. The Morgan fingerprint density at radius 2 is 1.81 bits per heavy atom. The molecular weight excluding hydrogens is 202 g/mol. The molecule has 90 valence electrons. The highest BCUT2D eigenvalue weighted by atomic mass is 16.3. The normalized spacial score (nSPS) is 12.7. The van der Waals surface area contributed by atoms with Gasteiger partial charge in [-0.05, 0) is 44.0 Å². The first-order chi connectivity index (χ1) is 7.54. The van der Waals surface area contributed by atoms with Crippen molar-refractivity contribution in [3.05, 3.63) is 23.3 Å². The van der Waals surface area contributed by atoms with Crippen molar-refractivity contribution >= 4 is 11.4 Å². The summed E-state index contributed by atoms with van der Waals surface area (Å²) in [5.41, 5.74) is 20.3. The highest BCUT2D eigenvalue weighted by Gasteiger charge is 2.11. The molecule has 7 N–H and O–H groups in total. The van der Waals surface area contributed by atoms with Gasteiger partial charge in [0.2, 0.25) is 0 Å². The number of nitrogens with two attached hydrogens (primary N) is 3. The number of hydrogen-bond acceptors (Lipinski definition) is 4. The lowest BCUT2D eigenvalue weighted by Crippen LogP contribution is -2.15. The van der Waals surface area contributed by atoms with Crippen molar-refractivity contribution in [3.8, 4) is 0 Å². The van der Waals surface area contributed by atoms with E-state index in [1.54, 1.807) is 0 Å². The number of aliphatic hydroxyl groups is 1. The fourth-order valence-corrected chi connectivity index (χ4v) is 1.80. The molecule has 1 rings (SSSR count). The molecule has 0 radical (unpaired) electrons. The second-order valence-corrected chi connectivity index (χ2v) is 4.21. The topological polar surface area (TPSA) is 98.3 Å². The zero-order valence-corrected chi connectivity index (χ0v) is 9.74. The van der Waals surface area contributed by atoms with Gasteiger partial charge in [0.05, 0.1) is 6.10 Å². The number of anilines is 2. The van der Waals surface area contributed by atoms with Gasteiger partial charge in [0.1, 0.15) is 0 Å². The Balaban J connectivity index is 2.73. The zero-order chi connectivity index (χ0) is 12.1. The number of nitrogen functional groups attached to an aromatic ring is 2. The summed E-state index contributed by atoms with van der Waals surface area (Å²) in [6.07, 6.45) is 1.57. The molecule has 0 aliphatic carbocycles. The van der Waals surface area contributed by atoms with Gasteiger partial charge >= 0.3 is 0 Å². The van der Waals surface area contributed by atoms with E-state index in [1.807, 2.05) is 19.1 Å². The molecule has 1 atom stereocenters. The van der Waals surface area contributed by atoms with E-state index in [1.165, 1.54) is 0 Å². The Morgan fingerprint density at radius 1 is 1.25 bits per heavy atom. The maximum atomic E-state index is 9.79. The molecule has 0 spiro atoms.